The van der Waals surface area contributed by atoms with E-state index in [1.807, 2.05) is 38.1 Å². The number of aryl methyl sites for hydroxylation is 2. The lowest BCUT2D eigenvalue weighted by atomic mass is 10.3. The molecule has 0 saturated heterocycles. The third-order valence-corrected chi connectivity index (χ3v) is 5.45. The predicted molar refractivity (Wildman–Crippen MR) is 90.0 cm³/mol. The summed E-state index contributed by atoms with van der Waals surface area (Å²) in [7, 11) is 0. The molecule has 0 radical (unpaired) electrons. The molecule has 2 heterocycles. The monoisotopic (exact) mass is 348 g/mol. The number of aromatic nitrogens is 3. The quantitative estimate of drug-likeness (QED) is 0.771. The molecule has 0 unspecified atom stereocenters. The van der Waals surface area contributed by atoms with E-state index in [2.05, 4.69) is 20.5 Å². The fourth-order valence-corrected chi connectivity index (χ4v) is 4.11. The maximum Gasteiger partial charge on any atom is 0.275 e. The molecule has 0 saturated carbocycles. The van der Waals surface area contributed by atoms with Crippen molar-refractivity contribution in [3.63, 3.8) is 0 Å². The van der Waals surface area contributed by atoms with E-state index in [-0.39, 0.29) is 5.91 Å². The van der Waals surface area contributed by atoms with Crippen LogP contribution < -0.4 is 5.32 Å². The fraction of sp³-hybridized carbons (Fsp3) is 0.143. The third kappa shape index (κ3) is 3.52. The van der Waals surface area contributed by atoms with E-state index in [4.69, 9.17) is 0 Å². The number of carbonyl (C=O) groups excluding carboxylic acids is 1. The molecule has 2 aromatic heterocycles. The van der Waals surface area contributed by atoms with Gasteiger partial charge in [-0.25, -0.2) is 4.98 Å². The van der Waals surface area contributed by atoms with Crippen LogP contribution in [0.3, 0.4) is 0 Å². The van der Waals surface area contributed by atoms with Gasteiger partial charge in [0.25, 0.3) is 5.91 Å². The molecule has 0 bridgehead atoms. The zero-order valence-corrected chi connectivity index (χ0v) is 14.3. The summed E-state index contributed by atoms with van der Waals surface area (Å²) in [5.74, 6) is -0.175. The Morgan fingerprint density at radius 1 is 1.23 bits per heavy atom. The number of hydrogen-bond donors (Lipinski definition) is 1. The van der Waals surface area contributed by atoms with Crippen LogP contribution in [0.15, 0.2) is 39.0 Å². The van der Waals surface area contributed by atoms with Crippen LogP contribution in [0.2, 0.25) is 0 Å². The van der Waals surface area contributed by atoms with Crippen molar-refractivity contribution in [2.75, 3.05) is 5.32 Å². The first-order chi connectivity index (χ1) is 10.6. The molecule has 0 fully saturated rings. The van der Waals surface area contributed by atoms with Crippen LogP contribution in [0.4, 0.5) is 5.69 Å². The van der Waals surface area contributed by atoms with Gasteiger partial charge in [0.15, 0.2) is 4.34 Å². The highest BCUT2D eigenvalue weighted by atomic mass is 32.2. The molecular weight excluding hydrogens is 336 g/mol. The summed E-state index contributed by atoms with van der Waals surface area (Å²) in [5, 5.41) is 11.6. The Kier molecular flexibility index (Phi) is 4.51. The number of amides is 1. The number of anilines is 1. The van der Waals surface area contributed by atoms with Crippen LogP contribution in [0, 0.1) is 13.8 Å². The summed E-state index contributed by atoms with van der Waals surface area (Å²) in [6.45, 7) is 3.80. The second-order valence-corrected chi connectivity index (χ2v) is 7.98. The molecular formula is C14H12N4OS3. The standard InChI is InChI=1S/C14H12N4OS3/c1-8-12(16-9(2)21-8)13(19)17-10-3-5-11(6-4-10)22-14-18-15-7-20-14/h3-7H,1-2H3,(H,17,19). The first-order valence-electron chi connectivity index (χ1n) is 6.41. The molecule has 0 aliphatic heterocycles. The summed E-state index contributed by atoms with van der Waals surface area (Å²) >= 11 is 4.57. The molecule has 112 valence electrons. The summed E-state index contributed by atoms with van der Waals surface area (Å²) in [6, 6.07) is 7.63. The number of thiazole rings is 1. The molecule has 0 aliphatic carbocycles. The normalized spacial score (nSPS) is 10.6. The molecule has 3 aromatic rings. The van der Waals surface area contributed by atoms with Crippen LogP contribution in [-0.2, 0) is 0 Å². The lowest BCUT2D eigenvalue weighted by Gasteiger charge is -2.05. The molecule has 0 aliphatic rings. The Morgan fingerprint density at radius 2 is 2.00 bits per heavy atom. The fourth-order valence-electron chi connectivity index (χ4n) is 1.84. The maximum atomic E-state index is 12.2. The average Bonchev–Trinajstić information content (AvgIpc) is 3.10. The number of nitrogens with one attached hydrogen (secondary N) is 1. The number of benzene rings is 1. The molecule has 0 atom stereocenters. The lowest BCUT2D eigenvalue weighted by molar-refractivity contribution is 0.102. The van der Waals surface area contributed by atoms with Gasteiger partial charge in [-0.15, -0.1) is 21.5 Å². The summed E-state index contributed by atoms with van der Waals surface area (Å²) in [5.41, 5.74) is 2.95. The smallest absolute Gasteiger partial charge is 0.275 e. The lowest BCUT2D eigenvalue weighted by Crippen LogP contribution is -2.13. The maximum absolute atomic E-state index is 12.2. The highest BCUT2D eigenvalue weighted by Gasteiger charge is 2.14. The summed E-state index contributed by atoms with van der Waals surface area (Å²) in [6.07, 6.45) is 0. The topological polar surface area (TPSA) is 67.8 Å². The van der Waals surface area contributed by atoms with Gasteiger partial charge in [0.05, 0.1) is 5.01 Å². The van der Waals surface area contributed by atoms with Crippen LogP contribution in [0.5, 0.6) is 0 Å². The number of nitrogens with zero attached hydrogens (tertiary/aromatic N) is 3. The van der Waals surface area contributed by atoms with E-state index < -0.39 is 0 Å². The van der Waals surface area contributed by atoms with Crippen molar-refractivity contribution in [1.29, 1.82) is 0 Å². The molecule has 22 heavy (non-hydrogen) atoms. The van der Waals surface area contributed by atoms with Crippen molar-refractivity contribution in [3.8, 4) is 0 Å². The van der Waals surface area contributed by atoms with E-state index >= 15 is 0 Å². The van der Waals surface area contributed by atoms with E-state index in [0.29, 0.717) is 5.69 Å². The SMILES string of the molecule is Cc1nc(C(=O)Nc2ccc(Sc3nncs3)cc2)c(C)s1. The van der Waals surface area contributed by atoms with Crippen molar-refractivity contribution >= 4 is 46.0 Å². The predicted octanol–water partition coefficient (Wildman–Crippen LogP) is 4.01. The highest BCUT2D eigenvalue weighted by molar-refractivity contribution is 8.01. The van der Waals surface area contributed by atoms with Gasteiger partial charge < -0.3 is 5.32 Å². The second kappa shape index (κ2) is 6.55. The zero-order chi connectivity index (χ0) is 15.5. The third-order valence-electron chi connectivity index (χ3n) is 2.78. The molecule has 1 aromatic carbocycles. The Bertz CT molecular complexity index is 781. The minimum Gasteiger partial charge on any atom is -0.321 e. The van der Waals surface area contributed by atoms with Crippen molar-refractivity contribution in [2.45, 2.75) is 23.1 Å². The molecule has 0 spiro atoms. The van der Waals surface area contributed by atoms with Gasteiger partial charge in [-0.3, -0.25) is 4.79 Å². The first kappa shape index (κ1) is 15.1. The minimum atomic E-state index is -0.175. The van der Waals surface area contributed by atoms with Crippen molar-refractivity contribution in [2.24, 2.45) is 0 Å². The Balaban J connectivity index is 1.68. The minimum absolute atomic E-state index is 0.175. The molecule has 1 N–H and O–H groups in total. The summed E-state index contributed by atoms with van der Waals surface area (Å²) < 4.78 is 0.894. The van der Waals surface area contributed by atoms with Crippen LogP contribution in [0.1, 0.15) is 20.4 Å². The molecule has 1 amide bonds. The van der Waals surface area contributed by atoms with Crippen molar-refractivity contribution < 1.29 is 4.79 Å². The highest BCUT2D eigenvalue weighted by Crippen LogP contribution is 2.29. The number of hydrogen-bond acceptors (Lipinski definition) is 7. The molecule has 3 rings (SSSR count). The van der Waals surface area contributed by atoms with Crippen LogP contribution >= 0.6 is 34.4 Å². The summed E-state index contributed by atoms with van der Waals surface area (Å²) in [4.78, 5) is 18.4. The zero-order valence-electron chi connectivity index (χ0n) is 11.9. The van der Waals surface area contributed by atoms with Crippen molar-refractivity contribution in [3.05, 3.63) is 45.4 Å². The van der Waals surface area contributed by atoms with Gasteiger partial charge >= 0.3 is 0 Å². The van der Waals surface area contributed by atoms with E-state index in [0.717, 1.165) is 24.8 Å². The van der Waals surface area contributed by atoms with E-state index in [9.17, 15) is 4.79 Å². The Morgan fingerprint density at radius 3 is 2.59 bits per heavy atom. The Hall–Kier alpha value is -1.77. The average molecular weight is 348 g/mol. The Labute approximate surface area is 139 Å². The van der Waals surface area contributed by atoms with Gasteiger partial charge in [-0.1, -0.05) is 23.1 Å². The van der Waals surface area contributed by atoms with Gasteiger partial charge in [-0.05, 0) is 38.1 Å². The van der Waals surface area contributed by atoms with E-state index in [1.54, 1.807) is 17.3 Å². The van der Waals surface area contributed by atoms with Crippen LogP contribution in [-0.4, -0.2) is 21.1 Å². The molecule has 8 heteroatoms. The van der Waals surface area contributed by atoms with Gasteiger partial charge in [0, 0.05) is 15.5 Å². The second-order valence-electron chi connectivity index (χ2n) is 4.42. The van der Waals surface area contributed by atoms with Crippen LogP contribution in [0.25, 0.3) is 0 Å². The molecule has 5 nitrogen and oxygen atoms in total. The van der Waals surface area contributed by atoms with Gasteiger partial charge in [0.1, 0.15) is 11.2 Å². The number of rotatable bonds is 4. The first-order valence-corrected chi connectivity index (χ1v) is 8.92. The van der Waals surface area contributed by atoms with Gasteiger partial charge in [0.2, 0.25) is 0 Å². The van der Waals surface area contributed by atoms with Crippen molar-refractivity contribution in [1.82, 2.24) is 15.2 Å². The van der Waals surface area contributed by atoms with E-state index in [1.165, 1.54) is 22.7 Å². The largest absolute Gasteiger partial charge is 0.321 e. The number of carbonyl (C=O) groups is 1. The van der Waals surface area contributed by atoms with Gasteiger partial charge in [-0.2, -0.15) is 0 Å².